The van der Waals surface area contributed by atoms with Crippen LogP contribution in [-0.4, -0.2) is 9.55 Å². The zero-order chi connectivity index (χ0) is 12.7. The SMILES string of the molecule is Cn1c(=O)oc2cc(-c3csc(CBr)n3)ccc21. The van der Waals surface area contributed by atoms with Gasteiger partial charge in [0, 0.05) is 18.0 Å². The van der Waals surface area contributed by atoms with E-state index in [1.165, 1.54) is 4.57 Å². The summed E-state index contributed by atoms with van der Waals surface area (Å²) < 4.78 is 6.66. The molecule has 0 atom stereocenters. The predicted octanol–water partition coefficient (Wildman–Crippen LogP) is 3.15. The van der Waals surface area contributed by atoms with Crippen LogP contribution in [0.15, 0.2) is 32.8 Å². The number of oxazole rings is 1. The highest BCUT2D eigenvalue weighted by atomic mass is 79.9. The highest BCUT2D eigenvalue weighted by Crippen LogP contribution is 2.26. The lowest BCUT2D eigenvalue weighted by molar-refractivity contribution is 0.528. The fourth-order valence-electron chi connectivity index (χ4n) is 1.80. The molecule has 18 heavy (non-hydrogen) atoms. The van der Waals surface area contributed by atoms with Gasteiger partial charge in [-0.05, 0) is 12.1 Å². The monoisotopic (exact) mass is 324 g/mol. The van der Waals surface area contributed by atoms with Gasteiger partial charge in [-0.25, -0.2) is 9.78 Å². The summed E-state index contributed by atoms with van der Waals surface area (Å²) in [5, 5.41) is 3.78. The van der Waals surface area contributed by atoms with Gasteiger partial charge in [0.15, 0.2) is 5.58 Å². The van der Waals surface area contributed by atoms with Crippen LogP contribution in [-0.2, 0) is 12.4 Å². The molecule has 0 aliphatic heterocycles. The largest absolute Gasteiger partial charge is 0.419 e. The second-order valence-corrected chi connectivity index (χ2v) is 5.37. The van der Waals surface area contributed by atoms with E-state index in [1.54, 1.807) is 18.4 Å². The Morgan fingerprint density at radius 2 is 2.33 bits per heavy atom. The predicted molar refractivity (Wildman–Crippen MR) is 75.2 cm³/mol. The number of aromatic nitrogens is 2. The molecule has 3 rings (SSSR count). The minimum Gasteiger partial charge on any atom is -0.408 e. The summed E-state index contributed by atoms with van der Waals surface area (Å²) in [6.45, 7) is 0. The third kappa shape index (κ3) is 1.81. The molecule has 0 aliphatic carbocycles. The molecule has 3 aromatic rings. The lowest BCUT2D eigenvalue weighted by atomic mass is 10.1. The summed E-state index contributed by atoms with van der Waals surface area (Å²) in [4.78, 5) is 15.9. The van der Waals surface area contributed by atoms with Gasteiger partial charge < -0.3 is 4.42 Å². The van der Waals surface area contributed by atoms with Crippen molar-refractivity contribution < 1.29 is 4.42 Å². The first-order chi connectivity index (χ1) is 8.69. The van der Waals surface area contributed by atoms with E-state index < -0.39 is 0 Å². The molecule has 0 spiro atoms. The summed E-state index contributed by atoms with van der Waals surface area (Å²) in [5.74, 6) is -0.346. The van der Waals surface area contributed by atoms with Gasteiger partial charge >= 0.3 is 5.76 Å². The van der Waals surface area contributed by atoms with Crippen LogP contribution in [0.3, 0.4) is 0 Å². The van der Waals surface area contributed by atoms with Gasteiger partial charge in [-0.2, -0.15) is 0 Å². The van der Waals surface area contributed by atoms with Crippen LogP contribution in [0.2, 0.25) is 0 Å². The van der Waals surface area contributed by atoms with E-state index in [4.69, 9.17) is 4.42 Å². The number of fused-ring (bicyclic) bond motifs is 1. The van der Waals surface area contributed by atoms with Crippen molar-refractivity contribution in [3.63, 3.8) is 0 Å². The van der Waals surface area contributed by atoms with E-state index >= 15 is 0 Å². The molecule has 0 N–H and O–H groups in total. The molecule has 0 bridgehead atoms. The van der Waals surface area contributed by atoms with Gasteiger partial charge in [0.05, 0.1) is 16.5 Å². The third-order valence-corrected chi connectivity index (χ3v) is 4.51. The molecule has 0 saturated carbocycles. The summed E-state index contributed by atoms with van der Waals surface area (Å²) >= 11 is 4.98. The number of thiazole rings is 1. The molecule has 92 valence electrons. The van der Waals surface area contributed by atoms with E-state index in [2.05, 4.69) is 20.9 Å². The Morgan fingerprint density at radius 3 is 3.06 bits per heavy atom. The molecule has 0 unspecified atom stereocenters. The Morgan fingerprint density at radius 1 is 1.50 bits per heavy atom. The normalized spacial score (nSPS) is 11.2. The Kier molecular flexibility index (Phi) is 2.83. The number of aryl methyl sites for hydroxylation is 1. The van der Waals surface area contributed by atoms with Crippen LogP contribution in [0.25, 0.3) is 22.4 Å². The number of rotatable bonds is 2. The smallest absolute Gasteiger partial charge is 0.408 e. The number of hydrogen-bond donors (Lipinski definition) is 0. The highest BCUT2D eigenvalue weighted by Gasteiger charge is 2.09. The van der Waals surface area contributed by atoms with Gasteiger partial charge in [0.1, 0.15) is 5.01 Å². The van der Waals surface area contributed by atoms with Crippen LogP contribution in [0.5, 0.6) is 0 Å². The fourth-order valence-corrected chi connectivity index (χ4v) is 2.97. The molecule has 2 heterocycles. The van der Waals surface area contributed by atoms with Crippen molar-refractivity contribution in [3.05, 3.63) is 39.1 Å². The molecule has 0 aliphatic rings. The van der Waals surface area contributed by atoms with E-state index in [9.17, 15) is 4.79 Å². The second-order valence-electron chi connectivity index (χ2n) is 3.87. The van der Waals surface area contributed by atoms with E-state index in [0.29, 0.717) is 5.58 Å². The molecule has 0 radical (unpaired) electrons. The van der Waals surface area contributed by atoms with Crippen molar-refractivity contribution in [2.24, 2.45) is 7.05 Å². The number of nitrogens with zero attached hydrogens (tertiary/aromatic N) is 2. The maximum Gasteiger partial charge on any atom is 0.419 e. The van der Waals surface area contributed by atoms with Crippen molar-refractivity contribution in [1.82, 2.24) is 9.55 Å². The lowest BCUT2D eigenvalue weighted by Gasteiger charge is -1.96. The lowest BCUT2D eigenvalue weighted by Crippen LogP contribution is -2.08. The second kappa shape index (κ2) is 4.37. The molecule has 0 fully saturated rings. The van der Waals surface area contributed by atoms with Crippen molar-refractivity contribution >= 4 is 38.4 Å². The topological polar surface area (TPSA) is 48.0 Å². The summed E-state index contributed by atoms with van der Waals surface area (Å²) in [7, 11) is 1.69. The Bertz CT molecular complexity index is 772. The minimum atomic E-state index is -0.346. The quantitative estimate of drug-likeness (QED) is 0.680. The highest BCUT2D eigenvalue weighted by molar-refractivity contribution is 9.08. The number of alkyl halides is 1. The maximum atomic E-state index is 11.4. The van der Waals surface area contributed by atoms with Crippen LogP contribution >= 0.6 is 27.3 Å². The summed E-state index contributed by atoms with van der Waals surface area (Å²) in [5.41, 5.74) is 3.25. The maximum absolute atomic E-state index is 11.4. The number of benzene rings is 1. The summed E-state index contributed by atoms with van der Waals surface area (Å²) in [6, 6.07) is 5.68. The molecular weight excluding hydrogens is 316 g/mol. The van der Waals surface area contributed by atoms with Gasteiger partial charge in [-0.15, -0.1) is 11.3 Å². The van der Waals surface area contributed by atoms with E-state index in [1.807, 2.05) is 23.6 Å². The number of halogens is 1. The molecule has 2 aromatic heterocycles. The standard InChI is InChI=1S/C12H9BrN2O2S/c1-15-9-3-2-7(4-10(9)17-12(15)16)8-6-18-11(5-13)14-8/h2-4,6H,5H2,1H3. The van der Waals surface area contributed by atoms with Gasteiger partial charge in [-0.3, -0.25) is 4.57 Å². The van der Waals surface area contributed by atoms with Crippen LogP contribution in [0.4, 0.5) is 0 Å². The van der Waals surface area contributed by atoms with Gasteiger partial charge in [-0.1, -0.05) is 22.0 Å². The first-order valence-corrected chi connectivity index (χ1v) is 7.29. The molecular formula is C12H9BrN2O2S. The first kappa shape index (κ1) is 11.7. The Labute approximate surface area is 115 Å². The van der Waals surface area contributed by atoms with Crippen molar-refractivity contribution in [1.29, 1.82) is 0 Å². The van der Waals surface area contributed by atoms with Crippen molar-refractivity contribution in [2.75, 3.05) is 0 Å². The van der Waals surface area contributed by atoms with Crippen LogP contribution in [0.1, 0.15) is 5.01 Å². The Balaban J connectivity index is 2.16. The van der Waals surface area contributed by atoms with E-state index in [-0.39, 0.29) is 5.76 Å². The first-order valence-electron chi connectivity index (χ1n) is 5.29. The van der Waals surface area contributed by atoms with Crippen molar-refractivity contribution in [3.8, 4) is 11.3 Å². The molecule has 6 heteroatoms. The average molecular weight is 325 g/mol. The molecule has 0 saturated heterocycles. The third-order valence-electron chi connectivity index (χ3n) is 2.75. The zero-order valence-corrected chi connectivity index (χ0v) is 11.9. The zero-order valence-electron chi connectivity index (χ0n) is 9.51. The van der Waals surface area contributed by atoms with E-state index in [0.717, 1.165) is 27.1 Å². The fraction of sp³-hybridized carbons (Fsp3) is 0.167. The minimum absolute atomic E-state index is 0.346. The molecule has 1 aromatic carbocycles. The van der Waals surface area contributed by atoms with Crippen molar-refractivity contribution in [2.45, 2.75) is 5.33 Å². The molecule has 4 nitrogen and oxygen atoms in total. The van der Waals surface area contributed by atoms with Gasteiger partial charge in [0.2, 0.25) is 0 Å². The number of hydrogen-bond acceptors (Lipinski definition) is 4. The Hall–Kier alpha value is -1.40. The van der Waals surface area contributed by atoms with Crippen LogP contribution < -0.4 is 5.76 Å². The average Bonchev–Trinajstić information content (AvgIpc) is 2.95. The van der Waals surface area contributed by atoms with Gasteiger partial charge in [0.25, 0.3) is 0 Å². The molecule has 0 amide bonds. The van der Waals surface area contributed by atoms with Crippen LogP contribution in [0, 0.1) is 0 Å². The summed E-state index contributed by atoms with van der Waals surface area (Å²) in [6.07, 6.45) is 0.